The highest BCUT2D eigenvalue weighted by atomic mass is 35.5. The zero-order valence-corrected chi connectivity index (χ0v) is 16.4. The number of benzene rings is 2. The maximum Gasteiger partial charge on any atom is 0.123 e. The lowest BCUT2D eigenvalue weighted by Gasteiger charge is -2.11. The lowest BCUT2D eigenvalue weighted by molar-refractivity contribution is 0.0427. The van der Waals surface area contributed by atoms with Gasteiger partial charge in [0.15, 0.2) is 0 Å². The summed E-state index contributed by atoms with van der Waals surface area (Å²) < 4.78 is 20.2. The van der Waals surface area contributed by atoms with E-state index in [-0.39, 0.29) is 12.4 Å². The van der Waals surface area contributed by atoms with Crippen molar-refractivity contribution in [2.45, 2.75) is 19.6 Å². The van der Waals surface area contributed by atoms with Crippen molar-refractivity contribution in [3.63, 3.8) is 0 Å². The van der Waals surface area contributed by atoms with Gasteiger partial charge in [-0.2, -0.15) is 5.10 Å². The smallest absolute Gasteiger partial charge is 0.123 e. The van der Waals surface area contributed by atoms with Gasteiger partial charge >= 0.3 is 0 Å². The van der Waals surface area contributed by atoms with E-state index in [1.807, 2.05) is 37.4 Å². The number of nitrogens with one attached hydrogen (secondary N) is 1. The highest BCUT2D eigenvalue weighted by Crippen LogP contribution is 2.30. The first-order chi connectivity index (χ1) is 13.6. The van der Waals surface area contributed by atoms with Gasteiger partial charge in [-0.15, -0.1) is 0 Å². The van der Waals surface area contributed by atoms with Crippen LogP contribution in [-0.2, 0) is 11.3 Å². The molecule has 148 valence electrons. The topological polar surface area (TPSA) is 59.3 Å². The van der Waals surface area contributed by atoms with Crippen molar-refractivity contribution >= 4 is 11.6 Å². The van der Waals surface area contributed by atoms with Crippen molar-refractivity contribution in [1.29, 1.82) is 0 Å². The Balaban J connectivity index is 1.84. The van der Waals surface area contributed by atoms with E-state index in [1.54, 1.807) is 16.8 Å². The van der Waals surface area contributed by atoms with Gasteiger partial charge in [-0.05, 0) is 37.3 Å². The summed E-state index contributed by atoms with van der Waals surface area (Å²) in [6, 6.07) is 13.6. The molecule has 0 saturated heterocycles. The number of nitrogens with zero attached hydrogens (tertiary/aromatic N) is 2. The molecular formula is C21H23ClFN3O2. The van der Waals surface area contributed by atoms with Crippen LogP contribution in [0.15, 0.2) is 54.7 Å². The first-order valence-corrected chi connectivity index (χ1v) is 9.52. The Morgan fingerprint density at radius 3 is 2.68 bits per heavy atom. The van der Waals surface area contributed by atoms with E-state index in [4.69, 9.17) is 16.3 Å². The van der Waals surface area contributed by atoms with Gasteiger partial charge in [0.1, 0.15) is 5.82 Å². The molecule has 0 spiro atoms. The standard InChI is InChI=1S/C21H23ClFN3O2/c1-2-28-14-18(27)12-24-11-15-13-26(17-9-7-16(23)8-10-17)25-21(15)19-5-3-4-6-20(19)22/h3-10,13,18,24,27H,2,11-12,14H2,1H3/t18-/m1/s1. The minimum absolute atomic E-state index is 0.287. The summed E-state index contributed by atoms with van der Waals surface area (Å²) >= 11 is 6.37. The number of aromatic nitrogens is 2. The lowest BCUT2D eigenvalue weighted by atomic mass is 10.1. The van der Waals surface area contributed by atoms with Gasteiger partial charge in [-0.1, -0.05) is 29.8 Å². The van der Waals surface area contributed by atoms with Gasteiger partial charge in [-0.3, -0.25) is 0 Å². The van der Waals surface area contributed by atoms with E-state index in [0.29, 0.717) is 24.7 Å². The monoisotopic (exact) mass is 403 g/mol. The number of ether oxygens (including phenoxy) is 1. The molecule has 5 nitrogen and oxygen atoms in total. The second kappa shape index (κ2) is 9.80. The molecule has 0 fully saturated rings. The molecule has 28 heavy (non-hydrogen) atoms. The SMILES string of the molecule is CCOC[C@H](O)CNCc1cn(-c2ccc(F)cc2)nc1-c1ccccc1Cl. The van der Waals surface area contributed by atoms with Gasteiger partial charge in [0.2, 0.25) is 0 Å². The van der Waals surface area contributed by atoms with Gasteiger partial charge < -0.3 is 15.2 Å². The van der Waals surface area contributed by atoms with Crippen LogP contribution < -0.4 is 5.32 Å². The fraction of sp³-hybridized carbons (Fsp3) is 0.286. The van der Waals surface area contributed by atoms with Crippen LogP contribution in [-0.4, -0.2) is 40.7 Å². The first kappa shape index (κ1) is 20.5. The predicted molar refractivity (Wildman–Crippen MR) is 108 cm³/mol. The third-order valence-corrected chi connectivity index (χ3v) is 4.55. The fourth-order valence-electron chi connectivity index (χ4n) is 2.83. The van der Waals surface area contributed by atoms with Crippen LogP contribution in [0.4, 0.5) is 4.39 Å². The van der Waals surface area contributed by atoms with Gasteiger partial charge in [-0.25, -0.2) is 9.07 Å². The Hall–Kier alpha value is -2.25. The third kappa shape index (κ3) is 5.17. The molecule has 2 N–H and O–H groups in total. The fourth-order valence-corrected chi connectivity index (χ4v) is 3.06. The van der Waals surface area contributed by atoms with E-state index in [2.05, 4.69) is 10.4 Å². The second-order valence-corrected chi connectivity index (χ2v) is 6.76. The maximum atomic E-state index is 13.2. The Kier molecular flexibility index (Phi) is 7.17. The van der Waals surface area contributed by atoms with E-state index in [1.165, 1.54) is 12.1 Å². The molecule has 3 aromatic rings. The minimum atomic E-state index is -0.587. The molecule has 0 aliphatic rings. The van der Waals surface area contributed by atoms with Gasteiger partial charge in [0, 0.05) is 37.0 Å². The van der Waals surface area contributed by atoms with Crippen LogP contribution in [0.5, 0.6) is 0 Å². The zero-order chi connectivity index (χ0) is 19.9. The molecule has 2 aromatic carbocycles. The number of rotatable bonds is 9. The Bertz CT molecular complexity index is 899. The molecular weight excluding hydrogens is 381 g/mol. The molecule has 0 aliphatic heterocycles. The largest absolute Gasteiger partial charge is 0.389 e. The van der Waals surface area contributed by atoms with Crippen LogP contribution >= 0.6 is 11.6 Å². The van der Waals surface area contributed by atoms with Crippen molar-refractivity contribution < 1.29 is 14.2 Å². The predicted octanol–water partition coefficient (Wildman–Crippen LogP) is 3.82. The van der Waals surface area contributed by atoms with Crippen molar-refractivity contribution in [2.75, 3.05) is 19.8 Å². The summed E-state index contributed by atoms with van der Waals surface area (Å²) in [4.78, 5) is 0. The van der Waals surface area contributed by atoms with Crippen molar-refractivity contribution in [3.8, 4) is 16.9 Å². The summed E-state index contributed by atoms with van der Waals surface area (Å²) in [5.74, 6) is -0.299. The summed E-state index contributed by atoms with van der Waals surface area (Å²) in [5, 5.41) is 18.4. The van der Waals surface area contributed by atoms with E-state index < -0.39 is 6.10 Å². The molecule has 0 saturated carbocycles. The van der Waals surface area contributed by atoms with Gasteiger partial charge in [0.25, 0.3) is 0 Å². The van der Waals surface area contributed by atoms with Crippen molar-refractivity contribution in [2.24, 2.45) is 0 Å². The van der Waals surface area contributed by atoms with E-state index in [0.717, 1.165) is 22.5 Å². The van der Waals surface area contributed by atoms with Gasteiger partial charge in [0.05, 0.1) is 29.1 Å². The molecule has 0 radical (unpaired) electrons. The quantitative estimate of drug-likeness (QED) is 0.570. The Morgan fingerprint density at radius 1 is 1.21 bits per heavy atom. The second-order valence-electron chi connectivity index (χ2n) is 6.35. The molecule has 3 rings (SSSR count). The zero-order valence-electron chi connectivity index (χ0n) is 15.6. The highest BCUT2D eigenvalue weighted by Gasteiger charge is 2.15. The molecule has 1 aromatic heterocycles. The average molecular weight is 404 g/mol. The highest BCUT2D eigenvalue weighted by molar-refractivity contribution is 6.33. The molecule has 0 bridgehead atoms. The average Bonchev–Trinajstić information content (AvgIpc) is 3.11. The normalized spacial score (nSPS) is 12.3. The number of hydrogen-bond acceptors (Lipinski definition) is 4. The number of halogens is 2. The molecule has 7 heteroatoms. The number of aliphatic hydroxyl groups is 1. The van der Waals surface area contributed by atoms with Crippen LogP contribution in [0.1, 0.15) is 12.5 Å². The number of aliphatic hydroxyl groups excluding tert-OH is 1. The number of hydrogen-bond donors (Lipinski definition) is 2. The van der Waals surface area contributed by atoms with Crippen molar-refractivity contribution in [3.05, 3.63) is 71.1 Å². The summed E-state index contributed by atoms with van der Waals surface area (Å²) in [6.07, 6.45) is 1.30. The van der Waals surface area contributed by atoms with E-state index in [9.17, 15) is 9.50 Å². The first-order valence-electron chi connectivity index (χ1n) is 9.14. The lowest BCUT2D eigenvalue weighted by Crippen LogP contribution is -2.30. The molecule has 0 aliphatic carbocycles. The summed E-state index contributed by atoms with van der Waals surface area (Å²) in [6.45, 7) is 3.63. The van der Waals surface area contributed by atoms with Crippen LogP contribution in [0.25, 0.3) is 16.9 Å². The minimum Gasteiger partial charge on any atom is -0.389 e. The molecule has 1 heterocycles. The van der Waals surface area contributed by atoms with Crippen LogP contribution in [0.2, 0.25) is 5.02 Å². The Labute approximate surface area is 168 Å². The maximum absolute atomic E-state index is 13.2. The molecule has 0 unspecified atom stereocenters. The summed E-state index contributed by atoms with van der Waals surface area (Å²) in [7, 11) is 0. The molecule has 1 atom stereocenters. The van der Waals surface area contributed by atoms with Crippen LogP contribution in [0, 0.1) is 5.82 Å². The molecule has 0 amide bonds. The van der Waals surface area contributed by atoms with Crippen LogP contribution in [0.3, 0.4) is 0 Å². The third-order valence-electron chi connectivity index (χ3n) is 4.22. The Morgan fingerprint density at radius 2 is 1.96 bits per heavy atom. The van der Waals surface area contributed by atoms with E-state index >= 15 is 0 Å². The van der Waals surface area contributed by atoms with Crippen molar-refractivity contribution in [1.82, 2.24) is 15.1 Å². The summed E-state index contributed by atoms with van der Waals surface area (Å²) in [5.41, 5.74) is 3.22.